The number of fused-ring (bicyclic) bond motifs is 1. The number of tetrazole rings is 1. The fraction of sp³-hybridized carbons (Fsp3) is 0.353. The van der Waals surface area contributed by atoms with Crippen LogP contribution in [0.4, 0.5) is 20.8 Å². The first kappa shape index (κ1) is 21.9. The zero-order valence-corrected chi connectivity index (χ0v) is 18.7. The van der Waals surface area contributed by atoms with E-state index in [1.807, 2.05) is 4.90 Å². The van der Waals surface area contributed by atoms with E-state index in [-0.39, 0.29) is 12.2 Å². The number of carbonyl (C=O) groups excluding carboxylic acids is 1. The Morgan fingerprint density at radius 2 is 2.18 bits per heavy atom. The third-order valence-corrected chi connectivity index (χ3v) is 6.63. The number of halogens is 1. The van der Waals surface area contributed by atoms with Gasteiger partial charge in [-0.1, -0.05) is 5.10 Å². The standard InChI is InChI=1S/C17H17FN7O6PS/c1-23-21-16(20-22-23)24-6-13-14(7-24)33-15(19-13)11-3-2-9(4-12(11)18)25-5-10(31-17(25)26)8-30-32(27,28)29/h2-4,10H,5-8H2,1H3,(H2,27,28,29)/t10-/m1/s1. The Bertz CT molecular complexity index is 1260. The lowest BCUT2D eigenvalue weighted by Gasteiger charge is -2.14. The molecule has 5 rings (SSSR count). The monoisotopic (exact) mass is 497 g/mol. The van der Waals surface area contributed by atoms with Crippen molar-refractivity contribution in [3.63, 3.8) is 0 Å². The molecular formula is C17H17FN7O6PS. The average molecular weight is 497 g/mol. The highest BCUT2D eigenvalue weighted by molar-refractivity contribution is 7.46. The molecule has 3 aromatic rings. The number of rotatable bonds is 6. The Balaban J connectivity index is 1.29. The lowest BCUT2D eigenvalue weighted by Crippen LogP contribution is -2.25. The lowest BCUT2D eigenvalue weighted by atomic mass is 10.2. The van der Waals surface area contributed by atoms with Crippen molar-refractivity contribution in [2.75, 3.05) is 23.0 Å². The van der Waals surface area contributed by atoms with Crippen molar-refractivity contribution in [2.45, 2.75) is 19.2 Å². The number of cyclic esters (lactones) is 1. The number of hydrogen-bond acceptors (Lipinski definition) is 10. The molecule has 4 heterocycles. The first-order valence-corrected chi connectivity index (χ1v) is 12.0. The Labute approximate surface area is 189 Å². The van der Waals surface area contributed by atoms with E-state index in [0.29, 0.717) is 29.6 Å². The number of ether oxygens (including phenoxy) is 1. The molecule has 1 aromatic carbocycles. The number of anilines is 2. The molecule has 33 heavy (non-hydrogen) atoms. The van der Waals surface area contributed by atoms with Crippen LogP contribution in [0, 0.1) is 5.82 Å². The third kappa shape index (κ3) is 4.45. The van der Waals surface area contributed by atoms with Gasteiger partial charge in [0.2, 0.25) is 0 Å². The first-order chi connectivity index (χ1) is 15.7. The van der Waals surface area contributed by atoms with Gasteiger partial charge in [0.25, 0.3) is 5.95 Å². The highest BCUT2D eigenvalue weighted by Gasteiger charge is 2.34. The van der Waals surface area contributed by atoms with Crippen molar-refractivity contribution in [3.8, 4) is 10.6 Å². The second-order valence-corrected chi connectivity index (χ2v) is 9.71. The minimum absolute atomic E-state index is 0.0323. The molecule has 1 amide bonds. The van der Waals surface area contributed by atoms with E-state index in [4.69, 9.17) is 14.5 Å². The summed E-state index contributed by atoms with van der Waals surface area (Å²) < 4.78 is 35.2. The van der Waals surface area contributed by atoms with Crippen LogP contribution in [0.15, 0.2) is 18.2 Å². The molecule has 0 radical (unpaired) electrons. The predicted octanol–water partition coefficient (Wildman–Crippen LogP) is 1.43. The predicted molar refractivity (Wildman–Crippen MR) is 112 cm³/mol. The number of aromatic nitrogens is 5. The molecule has 1 saturated heterocycles. The summed E-state index contributed by atoms with van der Waals surface area (Å²) in [7, 11) is -3.00. The molecule has 174 valence electrons. The topological polar surface area (TPSA) is 156 Å². The van der Waals surface area contributed by atoms with Gasteiger partial charge in [-0.05, 0) is 23.4 Å². The summed E-state index contributed by atoms with van der Waals surface area (Å²) in [5.41, 5.74) is 1.38. The van der Waals surface area contributed by atoms with E-state index in [1.54, 1.807) is 13.1 Å². The fourth-order valence-corrected chi connectivity index (χ4v) is 5.02. The van der Waals surface area contributed by atoms with Gasteiger partial charge in [0, 0.05) is 10.4 Å². The molecule has 0 unspecified atom stereocenters. The maximum absolute atomic E-state index is 14.9. The first-order valence-electron chi connectivity index (χ1n) is 9.62. The number of hydrogen-bond donors (Lipinski definition) is 2. The van der Waals surface area contributed by atoms with Crippen LogP contribution in [0.1, 0.15) is 10.6 Å². The van der Waals surface area contributed by atoms with Crippen LogP contribution in [-0.4, -0.2) is 60.3 Å². The molecule has 16 heteroatoms. The summed E-state index contributed by atoms with van der Waals surface area (Å²) in [4.78, 5) is 39.7. The lowest BCUT2D eigenvalue weighted by molar-refractivity contribution is 0.0880. The Hall–Kier alpha value is -2.97. The van der Waals surface area contributed by atoms with Crippen LogP contribution >= 0.6 is 19.2 Å². The SMILES string of the molecule is Cn1nnc(N2Cc3nc(-c4ccc(N5C[C@H](COP(=O)(O)O)OC5=O)cc4F)sc3C2)n1. The largest absolute Gasteiger partial charge is 0.469 e. The van der Waals surface area contributed by atoms with Crippen LogP contribution in [0.5, 0.6) is 0 Å². The molecule has 0 bridgehead atoms. The maximum atomic E-state index is 14.9. The summed E-state index contributed by atoms with van der Waals surface area (Å²) in [6.07, 6.45) is -1.64. The Morgan fingerprint density at radius 1 is 1.36 bits per heavy atom. The number of thiazole rings is 1. The van der Waals surface area contributed by atoms with Gasteiger partial charge in [0.1, 0.15) is 16.9 Å². The molecule has 2 aliphatic heterocycles. The van der Waals surface area contributed by atoms with E-state index in [1.165, 1.54) is 33.2 Å². The number of amides is 1. The number of nitrogens with zero attached hydrogens (tertiary/aromatic N) is 7. The van der Waals surface area contributed by atoms with E-state index < -0.39 is 32.4 Å². The zero-order chi connectivity index (χ0) is 23.3. The molecule has 1 atom stereocenters. The van der Waals surface area contributed by atoms with Crippen molar-refractivity contribution in [1.82, 2.24) is 25.2 Å². The van der Waals surface area contributed by atoms with E-state index >= 15 is 0 Å². The summed E-state index contributed by atoms with van der Waals surface area (Å²) in [6.45, 7) is 0.541. The number of benzene rings is 1. The number of phosphoric acid groups is 1. The number of carbonyl (C=O) groups is 1. The minimum atomic E-state index is -4.69. The molecule has 13 nitrogen and oxygen atoms in total. The molecule has 1 fully saturated rings. The van der Waals surface area contributed by atoms with Gasteiger partial charge < -0.3 is 19.4 Å². The van der Waals surface area contributed by atoms with Crippen LogP contribution in [-0.2, 0) is 34.0 Å². The van der Waals surface area contributed by atoms with Crippen LogP contribution in [0.3, 0.4) is 0 Å². The van der Waals surface area contributed by atoms with Crippen molar-refractivity contribution in [2.24, 2.45) is 7.05 Å². The Kier molecular flexibility index (Phi) is 5.37. The average Bonchev–Trinajstić information content (AvgIpc) is 3.49. The van der Waals surface area contributed by atoms with Crippen LogP contribution in [0.2, 0.25) is 0 Å². The second kappa shape index (κ2) is 8.11. The summed E-state index contributed by atoms with van der Waals surface area (Å²) in [5, 5.41) is 12.5. The van der Waals surface area contributed by atoms with E-state index in [0.717, 1.165) is 10.6 Å². The van der Waals surface area contributed by atoms with Crippen molar-refractivity contribution < 1.29 is 32.8 Å². The third-order valence-electron chi connectivity index (χ3n) is 5.03. The van der Waals surface area contributed by atoms with Gasteiger partial charge in [-0.2, -0.15) is 4.80 Å². The molecule has 2 aliphatic rings. The molecule has 0 saturated carbocycles. The normalized spacial score (nSPS) is 18.2. The smallest absolute Gasteiger partial charge is 0.441 e. The van der Waals surface area contributed by atoms with Gasteiger partial charge in [-0.15, -0.1) is 16.4 Å². The van der Waals surface area contributed by atoms with Crippen LogP contribution < -0.4 is 9.80 Å². The minimum Gasteiger partial charge on any atom is -0.441 e. The molecule has 0 spiro atoms. The highest BCUT2D eigenvalue weighted by Crippen LogP contribution is 2.38. The molecule has 0 aliphatic carbocycles. The number of phosphoric ester groups is 1. The van der Waals surface area contributed by atoms with Gasteiger partial charge in [0.05, 0.1) is 44.7 Å². The molecule has 2 aromatic heterocycles. The van der Waals surface area contributed by atoms with E-state index in [9.17, 15) is 13.8 Å². The van der Waals surface area contributed by atoms with Crippen molar-refractivity contribution in [3.05, 3.63) is 34.6 Å². The van der Waals surface area contributed by atoms with Gasteiger partial charge >= 0.3 is 13.9 Å². The maximum Gasteiger partial charge on any atom is 0.469 e. The molecular weight excluding hydrogens is 480 g/mol. The number of aryl methyl sites for hydroxylation is 1. The summed E-state index contributed by atoms with van der Waals surface area (Å²) in [5.74, 6) is -0.0585. The fourth-order valence-electron chi connectivity index (χ4n) is 3.54. The van der Waals surface area contributed by atoms with Crippen molar-refractivity contribution >= 4 is 36.9 Å². The highest BCUT2D eigenvalue weighted by atomic mass is 32.1. The summed E-state index contributed by atoms with van der Waals surface area (Å²) in [6, 6.07) is 4.30. The summed E-state index contributed by atoms with van der Waals surface area (Å²) >= 11 is 1.37. The molecule has 2 N–H and O–H groups in total. The van der Waals surface area contributed by atoms with Crippen LogP contribution in [0.25, 0.3) is 10.6 Å². The second-order valence-electron chi connectivity index (χ2n) is 7.39. The van der Waals surface area contributed by atoms with Crippen molar-refractivity contribution in [1.29, 1.82) is 0 Å². The van der Waals surface area contributed by atoms with E-state index in [2.05, 4.69) is 24.9 Å². The van der Waals surface area contributed by atoms with Gasteiger partial charge in [-0.25, -0.2) is 18.7 Å². The zero-order valence-electron chi connectivity index (χ0n) is 17.0. The van der Waals surface area contributed by atoms with Gasteiger partial charge in [0.15, 0.2) is 0 Å². The van der Waals surface area contributed by atoms with Gasteiger partial charge in [-0.3, -0.25) is 9.42 Å². The Morgan fingerprint density at radius 3 is 2.85 bits per heavy atom. The quantitative estimate of drug-likeness (QED) is 0.475.